The van der Waals surface area contributed by atoms with E-state index in [1.165, 1.54) is 18.2 Å². The van der Waals surface area contributed by atoms with Crippen LogP contribution in [0, 0.1) is 19.7 Å². The highest BCUT2D eigenvalue weighted by atomic mass is 35.5. The predicted octanol–water partition coefficient (Wildman–Crippen LogP) is 4.46. The van der Waals surface area contributed by atoms with Crippen molar-refractivity contribution in [2.24, 2.45) is 0 Å². The first-order chi connectivity index (χ1) is 12.4. The van der Waals surface area contributed by atoms with Crippen LogP contribution in [0.2, 0.25) is 5.02 Å². The van der Waals surface area contributed by atoms with Crippen LogP contribution in [0.15, 0.2) is 24.3 Å². The van der Waals surface area contributed by atoms with Gasteiger partial charge in [-0.2, -0.15) is 0 Å². The minimum absolute atomic E-state index is 0. The van der Waals surface area contributed by atoms with E-state index in [1.807, 2.05) is 19.9 Å². The molecule has 146 valence electrons. The van der Waals surface area contributed by atoms with Gasteiger partial charge in [0.1, 0.15) is 17.5 Å². The normalized spacial score (nSPS) is 19.1. The highest BCUT2D eigenvalue weighted by Gasteiger charge is 2.23. The number of rotatable bonds is 4. The number of aryl methyl sites for hydroxylation is 2. The Hall–Kier alpha value is -1.92. The highest BCUT2D eigenvalue weighted by molar-refractivity contribution is 6.31. The van der Waals surface area contributed by atoms with Gasteiger partial charge in [0.2, 0.25) is 0 Å². The van der Waals surface area contributed by atoms with Crippen molar-refractivity contribution in [1.82, 2.24) is 15.3 Å². The highest BCUT2D eigenvalue weighted by Crippen LogP contribution is 2.23. The molecule has 1 amide bonds. The van der Waals surface area contributed by atoms with Crippen LogP contribution >= 0.6 is 24.0 Å². The third-order valence-corrected chi connectivity index (χ3v) is 4.85. The van der Waals surface area contributed by atoms with Gasteiger partial charge in [0.25, 0.3) is 5.91 Å². The van der Waals surface area contributed by atoms with Gasteiger partial charge < -0.3 is 10.6 Å². The number of benzene rings is 1. The fourth-order valence-electron chi connectivity index (χ4n) is 3.29. The number of halogens is 3. The molecule has 0 bridgehead atoms. The SMILES string of the molecule is Cc1cc(NC2CCC(NC(=O)c3ccc(F)c(Cl)c3)CC2)nc(C)n1.Cl. The first-order valence-corrected chi connectivity index (χ1v) is 9.13. The van der Waals surface area contributed by atoms with Crippen molar-refractivity contribution < 1.29 is 9.18 Å². The number of carbonyl (C=O) groups is 1. The molecule has 0 atom stereocenters. The average molecular weight is 413 g/mol. The number of anilines is 1. The van der Waals surface area contributed by atoms with Crippen LogP contribution < -0.4 is 10.6 Å². The van der Waals surface area contributed by atoms with Crippen molar-refractivity contribution in [3.63, 3.8) is 0 Å². The smallest absolute Gasteiger partial charge is 0.251 e. The molecule has 0 radical (unpaired) electrons. The summed E-state index contributed by atoms with van der Waals surface area (Å²) < 4.78 is 13.2. The van der Waals surface area contributed by atoms with E-state index in [4.69, 9.17) is 11.6 Å². The standard InChI is InChI=1S/C19H22ClFN4O.ClH/c1-11-9-18(23-12(2)22-11)24-14-4-6-15(7-5-14)25-19(26)13-3-8-17(21)16(20)10-13;/h3,8-10,14-15H,4-7H2,1-2H3,(H,25,26)(H,22,23,24);1H. The lowest BCUT2D eigenvalue weighted by atomic mass is 9.91. The number of nitrogens with one attached hydrogen (secondary N) is 2. The van der Waals surface area contributed by atoms with Gasteiger partial charge in [0.15, 0.2) is 0 Å². The van der Waals surface area contributed by atoms with Crippen molar-refractivity contribution in [1.29, 1.82) is 0 Å². The van der Waals surface area contributed by atoms with Crippen LogP contribution in [-0.4, -0.2) is 28.0 Å². The number of hydrogen-bond donors (Lipinski definition) is 2. The van der Waals surface area contributed by atoms with Gasteiger partial charge in [-0.15, -0.1) is 12.4 Å². The van der Waals surface area contributed by atoms with E-state index in [0.717, 1.165) is 43.0 Å². The Bertz CT molecular complexity index is 790. The van der Waals surface area contributed by atoms with Crippen LogP contribution in [-0.2, 0) is 0 Å². The van der Waals surface area contributed by atoms with Crippen molar-refractivity contribution in [2.45, 2.75) is 51.6 Å². The predicted molar refractivity (Wildman–Crippen MR) is 107 cm³/mol. The zero-order valence-corrected chi connectivity index (χ0v) is 16.8. The molecule has 0 aliphatic heterocycles. The van der Waals surface area contributed by atoms with Gasteiger partial charge in [0, 0.05) is 29.4 Å². The van der Waals surface area contributed by atoms with Crippen LogP contribution in [0.3, 0.4) is 0 Å². The summed E-state index contributed by atoms with van der Waals surface area (Å²) in [5.41, 5.74) is 1.32. The number of carbonyl (C=O) groups excluding carboxylic acids is 1. The topological polar surface area (TPSA) is 66.9 Å². The number of amides is 1. The second-order valence-electron chi connectivity index (χ2n) is 6.74. The molecule has 1 aliphatic carbocycles. The van der Waals surface area contributed by atoms with E-state index in [1.54, 1.807) is 0 Å². The maximum Gasteiger partial charge on any atom is 0.251 e. The molecule has 1 heterocycles. The van der Waals surface area contributed by atoms with Crippen LogP contribution in [0.25, 0.3) is 0 Å². The maximum atomic E-state index is 13.2. The molecule has 0 saturated heterocycles. The molecule has 2 aromatic rings. The molecule has 1 aromatic heterocycles. The number of aromatic nitrogens is 2. The van der Waals surface area contributed by atoms with Gasteiger partial charge in [-0.25, -0.2) is 14.4 Å². The Morgan fingerprint density at radius 3 is 2.41 bits per heavy atom. The first kappa shape index (κ1) is 21.4. The summed E-state index contributed by atoms with van der Waals surface area (Å²) in [7, 11) is 0. The Balaban J connectivity index is 0.00000261. The molecular weight excluding hydrogens is 390 g/mol. The minimum atomic E-state index is -0.523. The molecule has 2 N–H and O–H groups in total. The molecular formula is C19H23Cl2FN4O. The molecule has 1 aliphatic rings. The van der Waals surface area contributed by atoms with Crippen molar-refractivity contribution in [3.8, 4) is 0 Å². The third kappa shape index (κ3) is 5.78. The van der Waals surface area contributed by atoms with Crippen LogP contribution in [0.1, 0.15) is 47.6 Å². The molecule has 0 spiro atoms. The van der Waals surface area contributed by atoms with E-state index >= 15 is 0 Å². The lowest BCUT2D eigenvalue weighted by Gasteiger charge is -2.30. The summed E-state index contributed by atoms with van der Waals surface area (Å²) in [5.74, 6) is 0.866. The Labute approximate surface area is 169 Å². The largest absolute Gasteiger partial charge is 0.367 e. The van der Waals surface area contributed by atoms with Crippen molar-refractivity contribution in [2.75, 3.05) is 5.32 Å². The zero-order valence-electron chi connectivity index (χ0n) is 15.3. The van der Waals surface area contributed by atoms with Crippen molar-refractivity contribution in [3.05, 3.63) is 52.2 Å². The molecule has 1 fully saturated rings. The maximum absolute atomic E-state index is 13.2. The van der Waals surface area contributed by atoms with E-state index in [9.17, 15) is 9.18 Å². The van der Waals surface area contributed by atoms with Crippen LogP contribution in [0.4, 0.5) is 10.2 Å². The van der Waals surface area contributed by atoms with E-state index < -0.39 is 5.82 Å². The summed E-state index contributed by atoms with van der Waals surface area (Å²) in [5, 5.41) is 6.43. The van der Waals surface area contributed by atoms with Gasteiger partial charge in [-0.1, -0.05) is 11.6 Å². The summed E-state index contributed by atoms with van der Waals surface area (Å²) in [6, 6.07) is 6.40. The molecule has 27 heavy (non-hydrogen) atoms. The Morgan fingerprint density at radius 1 is 1.11 bits per heavy atom. The molecule has 3 rings (SSSR count). The van der Waals surface area contributed by atoms with E-state index in [2.05, 4.69) is 20.6 Å². The number of nitrogens with zero attached hydrogens (tertiary/aromatic N) is 2. The lowest BCUT2D eigenvalue weighted by molar-refractivity contribution is 0.0926. The summed E-state index contributed by atoms with van der Waals surface area (Å²) in [4.78, 5) is 21.0. The monoisotopic (exact) mass is 412 g/mol. The average Bonchev–Trinajstić information content (AvgIpc) is 2.58. The lowest BCUT2D eigenvalue weighted by Crippen LogP contribution is -2.40. The van der Waals surface area contributed by atoms with Gasteiger partial charge >= 0.3 is 0 Å². The molecule has 1 saturated carbocycles. The fourth-order valence-corrected chi connectivity index (χ4v) is 3.47. The van der Waals surface area contributed by atoms with Crippen LogP contribution in [0.5, 0.6) is 0 Å². The van der Waals surface area contributed by atoms with Crippen molar-refractivity contribution >= 4 is 35.7 Å². The second-order valence-corrected chi connectivity index (χ2v) is 7.14. The first-order valence-electron chi connectivity index (χ1n) is 8.75. The Morgan fingerprint density at radius 2 is 1.78 bits per heavy atom. The van der Waals surface area contributed by atoms with E-state index in [-0.39, 0.29) is 29.4 Å². The number of hydrogen-bond acceptors (Lipinski definition) is 4. The van der Waals surface area contributed by atoms with Gasteiger partial charge in [-0.05, 0) is 57.7 Å². The zero-order chi connectivity index (χ0) is 18.7. The van der Waals surface area contributed by atoms with Gasteiger partial charge in [-0.3, -0.25) is 4.79 Å². The molecule has 0 unspecified atom stereocenters. The second kappa shape index (κ2) is 9.33. The quantitative estimate of drug-likeness (QED) is 0.777. The summed E-state index contributed by atoms with van der Waals surface area (Å²) in [6.07, 6.45) is 3.64. The molecule has 1 aromatic carbocycles. The van der Waals surface area contributed by atoms with Gasteiger partial charge in [0.05, 0.1) is 5.02 Å². The Kier molecular flexibility index (Phi) is 7.39. The third-order valence-electron chi connectivity index (χ3n) is 4.56. The summed E-state index contributed by atoms with van der Waals surface area (Å²) >= 11 is 5.75. The minimum Gasteiger partial charge on any atom is -0.367 e. The van der Waals surface area contributed by atoms with E-state index in [0.29, 0.717) is 11.6 Å². The molecule has 8 heteroatoms. The fraction of sp³-hybridized carbons (Fsp3) is 0.421. The summed E-state index contributed by atoms with van der Waals surface area (Å²) in [6.45, 7) is 3.83. The molecule has 5 nitrogen and oxygen atoms in total.